The highest BCUT2D eigenvalue weighted by molar-refractivity contribution is 5.97. The Balaban J connectivity index is 3.23. The number of carbonyl (C=O) groups is 7. The molecule has 10 atom stereocenters. The lowest BCUT2D eigenvalue weighted by molar-refractivity contribution is -0.144. The van der Waals surface area contributed by atoms with Gasteiger partial charge in [-0.3, -0.25) is 28.8 Å². The van der Waals surface area contributed by atoms with Crippen LogP contribution in [0.3, 0.4) is 0 Å². The SMILES string of the molecule is CC[C@H](C)[C@H](NC(=O)[C@H](CO)NC(=O)[C@H](CO)NC(=O)[C@@H](NC(=O)[C@H](Cc1ccc(O)cc1)NC(=O)[C@@H](NC(=O)[C@@H](N)CCCCN)[C@@H](C)O)[C@@H](C)O)C(=O)O. The third-order valence-corrected chi connectivity index (χ3v) is 8.85. The maximum Gasteiger partial charge on any atom is 0.326 e. The summed E-state index contributed by atoms with van der Waals surface area (Å²) < 4.78 is 0. The molecular formula is C35H58N8O13. The number of hydrogen-bond acceptors (Lipinski definition) is 14. The minimum absolute atomic E-state index is 0.103. The molecule has 0 saturated carbocycles. The monoisotopic (exact) mass is 798 g/mol. The standard InChI is InChI=1S/C35H58N8O13/c1-5-17(2)26(35(55)56)41-32(52)25(16-45)39-31(51)24(15-44)40-34(54)28(19(4)47)43-30(50)23(14-20-9-11-21(48)12-10-20)38-33(53)27(18(3)46)42-29(49)22(37)8-6-7-13-36/h9-12,17-19,22-28,44-48H,5-8,13-16,36-37H2,1-4H3,(H,38,53)(H,39,51)(H,40,54)(H,41,52)(H,42,49)(H,43,50)(H,55,56)/t17-,18+,19+,22-,23-,24-,25-,26-,27-,28-/m0/s1. The molecule has 21 heteroatoms. The van der Waals surface area contributed by atoms with E-state index in [1.165, 1.54) is 31.2 Å². The molecular weight excluding hydrogens is 740 g/mol. The summed E-state index contributed by atoms with van der Waals surface area (Å²) in [5.74, 6) is -8.25. The van der Waals surface area contributed by atoms with E-state index in [1.54, 1.807) is 13.8 Å². The molecule has 316 valence electrons. The van der Waals surface area contributed by atoms with E-state index in [2.05, 4.69) is 31.9 Å². The first-order valence-electron chi connectivity index (χ1n) is 18.2. The molecule has 0 aliphatic carbocycles. The second-order valence-corrected chi connectivity index (χ2v) is 13.5. The number of carboxylic acids is 1. The van der Waals surface area contributed by atoms with Crippen molar-refractivity contribution in [2.24, 2.45) is 17.4 Å². The Bertz CT molecular complexity index is 1460. The van der Waals surface area contributed by atoms with Gasteiger partial charge < -0.3 is 74.0 Å². The number of benzene rings is 1. The van der Waals surface area contributed by atoms with Gasteiger partial charge in [-0.1, -0.05) is 38.8 Å². The predicted molar refractivity (Wildman–Crippen MR) is 199 cm³/mol. The number of aromatic hydroxyl groups is 1. The average molecular weight is 799 g/mol. The van der Waals surface area contributed by atoms with Gasteiger partial charge >= 0.3 is 5.97 Å². The van der Waals surface area contributed by atoms with Gasteiger partial charge in [-0.05, 0) is 56.8 Å². The molecule has 0 aromatic heterocycles. The van der Waals surface area contributed by atoms with Gasteiger partial charge in [0.15, 0.2) is 0 Å². The van der Waals surface area contributed by atoms with Crippen LogP contribution in [0.15, 0.2) is 24.3 Å². The molecule has 0 unspecified atom stereocenters. The van der Waals surface area contributed by atoms with E-state index in [4.69, 9.17) is 11.5 Å². The van der Waals surface area contributed by atoms with Crippen LogP contribution in [0.5, 0.6) is 5.75 Å². The van der Waals surface area contributed by atoms with Crippen LogP contribution in [0.4, 0.5) is 0 Å². The van der Waals surface area contributed by atoms with Gasteiger partial charge in [-0.15, -0.1) is 0 Å². The number of phenolic OH excluding ortho intramolecular Hbond substituents is 1. The highest BCUT2D eigenvalue weighted by atomic mass is 16.4. The van der Waals surface area contributed by atoms with Crippen LogP contribution in [-0.2, 0) is 40.0 Å². The Hall–Kier alpha value is -4.93. The lowest BCUT2D eigenvalue weighted by atomic mass is 9.99. The molecule has 6 amide bonds. The number of nitrogens with one attached hydrogen (secondary N) is 6. The molecule has 0 saturated heterocycles. The van der Waals surface area contributed by atoms with Crippen LogP contribution in [0.1, 0.15) is 58.9 Å². The fraction of sp³-hybridized carbons (Fsp3) is 0.629. The summed E-state index contributed by atoms with van der Waals surface area (Å²) in [6, 6.07) is -5.35. The molecule has 1 aromatic carbocycles. The van der Waals surface area contributed by atoms with Gasteiger partial charge in [0, 0.05) is 6.42 Å². The van der Waals surface area contributed by atoms with Crippen molar-refractivity contribution in [2.45, 2.75) is 114 Å². The summed E-state index contributed by atoms with van der Waals surface area (Å²) in [4.78, 5) is 90.6. The topological polar surface area (TPSA) is 365 Å². The van der Waals surface area contributed by atoms with Crippen molar-refractivity contribution >= 4 is 41.4 Å². The van der Waals surface area contributed by atoms with Crippen molar-refractivity contribution in [1.29, 1.82) is 0 Å². The molecule has 16 N–H and O–H groups in total. The molecule has 21 nitrogen and oxygen atoms in total. The lowest BCUT2D eigenvalue weighted by Gasteiger charge is -2.28. The number of carboxylic acid groups (broad SMARTS) is 1. The number of carbonyl (C=O) groups excluding carboxylic acids is 6. The highest BCUT2D eigenvalue weighted by Gasteiger charge is 2.36. The zero-order valence-corrected chi connectivity index (χ0v) is 31.9. The average Bonchev–Trinajstić information content (AvgIpc) is 3.15. The van der Waals surface area contributed by atoms with Crippen LogP contribution in [0.2, 0.25) is 0 Å². The van der Waals surface area contributed by atoms with E-state index >= 15 is 0 Å². The third-order valence-electron chi connectivity index (χ3n) is 8.85. The Morgan fingerprint density at radius 3 is 1.52 bits per heavy atom. The molecule has 1 rings (SSSR count). The van der Waals surface area contributed by atoms with Crippen molar-refractivity contribution < 1.29 is 64.2 Å². The molecule has 0 fully saturated rings. The minimum atomic E-state index is -1.83. The molecule has 0 aliphatic heterocycles. The summed E-state index contributed by atoms with van der Waals surface area (Å²) in [5, 5.41) is 73.3. The highest BCUT2D eigenvalue weighted by Crippen LogP contribution is 2.13. The van der Waals surface area contributed by atoms with Crippen molar-refractivity contribution in [1.82, 2.24) is 31.9 Å². The summed E-state index contributed by atoms with van der Waals surface area (Å²) in [6.07, 6.45) is -1.64. The lowest BCUT2D eigenvalue weighted by Crippen LogP contribution is -2.63. The van der Waals surface area contributed by atoms with E-state index in [1.807, 2.05) is 0 Å². The minimum Gasteiger partial charge on any atom is -0.508 e. The molecule has 0 bridgehead atoms. The van der Waals surface area contributed by atoms with Gasteiger partial charge in [-0.2, -0.15) is 0 Å². The number of phenols is 1. The van der Waals surface area contributed by atoms with Gasteiger partial charge in [-0.25, -0.2) is 4.79 Å². The number of aliphatic hydroxyl groups excluding tert-OH is 4. The van der Waals surface area contributed by atoms with E-state index in [-0.39, 0.29) is 18.6 Å². The number of nitrogens with two attached hydrogens (primary N) is 2. The normalized spacial score (nSPS) is 16.5. The first-order chi connectivity index (χ1) is 26.3. The van der Waals surface area contributed by atoms with Crippen molar-refractivity contribution in [3.8, 4) is 5.75 Å². The first-order valence-corrected chi connectivity index (χ1v) is 18.2. The second kappa shape index (κ2) is 24.6. The molecule has 0 aliphatic rings. The fourth-order valence-electron chi connectivity index (χ4n) is 5.16. The Kier molecular flexibility index (Phi) is 21.5. The fourth-order valence-corrected chi connectivity index (χ4v) is 5.16. The quantitative estimate of drug-likeness (QED) is 0.0413. The van der Waals surface area contributed by atoms with Crippen molar-refractivity contribution in [3.63, 3.8) is 0 Å². The maximum atomic E-state index is 13.7. The van der Waals surface area contributed by atoms with Crippen molar-refractivity contribution in [3.05, 3.63) is 29.8 Å². The Morgan fingerprint density at radius 1 is 0.643 bits per heavy atom. The summed E-state index contributed by atoms with van der Waals surface area (Å²) in [7, 11) is 0. The summed E-state index contributed by atoms with van der Waals surface area (Å²) >= 11 is 0. The van der Waals surface area contributed by atoms with E-state index in [0.29, 0.717) is 31.4 Å². The van der Waals surface area contributed by atoms with Crippen LogP contribution in [0.25, 0.3) is 0 Å². The smallest absolute Gasteiger partial charge is 0.326 e. The molecule has 0 radical (unpaired) electrons. The zero-order chi connectivity index (χ0) is 42.7. The van der Waals surface area contributed by atoms with Gasteiger partial charge in [0.25, 0.3) is 0 Å². The van der Waals surface area contributed by atoms with E-state index in [9.17, 15) is 64.2 Å². The van der Waals surface area contributed by atoms with Crippen LogP contribution < -0.4 is 43.4 Å². The third kappa shape index (κ3) is 16.0. The van der Waals surface area contributed by atoms with Crippen LogP contribution in [0, 0.1) is 5.92 Å². The molecule has 0 heterocycles. The summed E-state index contributed by atoms with van der Waals surface area (Å²) in [6.45, 7) is 3.93. The molecule has 1 aromatic rings. The maximum absolute atomic E-state index is 13.7. The zero-order valence-electron chi connectivity index (χ0n) is 31.9. The van der Waals surface area contributed by atoms with Crippen LogP contribution >= 0.6 is 0 Å². The Labute approximate surface area is 324 Å². The number of amides is 6. The number of hydrogen-bond donors (Lipinski definition) is 14. The van der Waals surface area contributed by atoms with E-state index < -0.39 is 115 Å². The largest absolute Gasteiger partial charge is 0.508 e. The number of aliphatic hydroxyl groups is 4. The predicted octanol–water partition coefficient (Wildman–Crippen LogP) is -4.82. The second-order valence-electron chi connectivity index (χ2n) is 13.5. The number of aliphatic carboxylic acids is 1. The molecule has 0 spiro atoms. The van der Waals surface area contributed by atoms with Gasteiger partial charge in [0.05, 0.1) is 31.5 Å². The molecule has 56 heavy (non-hydrogen) atoms. The Morgan fingerprint density at radius 2 is 1.07 bits per heavy atom. The number of unbranched alkanes of at least 4 members (excludes halogenated alkanes) is 1. The van der Waals surface area contributed by atoms with Gasteiger partial charge in [0.2, 0.25) is 35.4 Å². The first kappa shape index (κ1) is 49.1. The van der Waals surface area contributed by atoms with Crippen molar-refractivity contribution in [2.75, 3.05) is 19.8 Å². The summed E-state index contributed by atoms with van der Waals surface area (Å²) in [5.41, 5.74) is 11.8. The van der Waals surface area contributed by atoms with E-state index in [0.717, 1.165) is 6.92 Å². The number of rotatable bonds is 25. The van der Waals surface area contributed by atoms with Gasteiger partial charge in [0.1, 0.15) is 42.0 Å². The van der Waals surface area contributed by atoms with Crippen LogP contribution in [-0.4, -0.2) is 146 Å².